The van der Waals surface area contributed by atoms with E-state index < -0.39 is 4.92 Å². The molecular formula is C17H12N4O2S. The molecule has 0 bridgehead atoms. The van der Waals surface area contributed by atoms with Gasteiger partial charge in [-0.25, -0.2) is 4.98 Å². The average Bonchev–Trinajstić information content (AvgIpc) is 3.04. The Labute approximate surface area is 142 Å². The number of nitro groups is 1. The van der Waals surface area contributed by atoms with Gasteiger partial charge in [-0.15, -0.1) is 0 Å². The van der Waals surface area contributed by atoms with Crippen LogP contribution in [-0.2, 0) is 0 Å². The largest absolute Gasteiger partial charge is 0.287 e. The molecule has 0 amide bonds. The molecule has 0 radical (unpaired) electrons. The lowest BCUT2D eigenvalue weighted by atomic mass is 10.1. The van der Waals surface area contributed by atoms with Gasteiger partial charge >= 0.3 is 0 Å². The van der Waals surface area contributed by atoms with Crippen LogP contribution >= 0.6 is 11.8 Å². The molecule has 0 saturated carbocycles. The molecule has 2 aromatic carbocycles. The number of benzene rings is 2. The van der Waals surface area contributed by atoms with Crippen LogP contribution in [0.5, 0.6) is 0 Å². The molecule has 0 spiro atoms. The van der Waals surface area contributed by atoms with Gasteiger partial charge in [0.05, 0.1) is 28.6 Å². The maximum Gasteiger partial charge on any atom is 0.270 e. The quantitative estimate of drug-likeness (QED) is 0.398. The van der Waals surface area contributed by atoms with Gasteiger partial charge in [-0.05, 0) is 12.1 Å². The monoisotopic (exact) mass is 336 g/mol. The molecule has 3 aromatic rings. The lowest BCUT2D eigenvalue weighted by Gasteiger charge is -2.11. The van der Waals surface area contributed by atoms with Gasteiger partial charge in [0.2, 0.25) is 0 Å². The summed E-state index contributed by atoms with van der Waals surface area (Å²) in [7, 11) is 0. The minimum atomic E-state index is -0.419. The predicted octanol–water partition coefficient (Wildman–Crippen LogP) is 4.06. The maximum atomic E-state index is 11.0. The van der Waals surface area contributed by atoms with Crippen molar-refractivity contribution in [2.45, 2.75) is 5.16 Å². The van der Waals surface area contributed by atoms with Gasteiger partial charge in [-0.3, -0.25) is 14.7 Å². The van der Waals surface area contributed by atoms with E-state index in [-0.39, 0.29) is 11.4 Å². The van der Waals surface area contributed by atoms with Crippen molar-refractivity contribution < 1.29 is 4.92 Å². The maximum absolute atomic E-state index is 11.0. The molecule has 0 atom stereocenters. The second-order valence-corrected chi connectivity index (χ2v) is 5.79. The first kappa shape index (κ1) is 15.8. The number of nitriles is 1. The summed E-state index contributed by atoms with van der Waals surface area (Å²) in [5.74, 6) is 0.276. The normalized spacial score (nSPS) is 10.3. The van der Waals surface area contributed by atoms with Crippen LogP contribution in [0.3, 0.4) is 0 Å². The first-order valence-electron chi connectivity index (χ1n) is 7.08. The third-order valence-electron chi connectivity index (χ3n) is 3.36. The zero-order chi connectivity index (χ0) is 16.9. The lowest BCUT2D eigenvalue weighted by Crippen LogP contribution is -1.99. The van der Waals surface area contributed by atoms with Crippen LogP contribution in [0.2, 0.25) is 0 Å². The summed E-state index contributed by atoms with van der Waals surface area (Å²) >= 11 is 1.32. The van der Waals surface area contributed by atoms with Gasteiger partial charge in [0.15, 0.2) is 5.16 Å². The Morgan fingerprint density at radius 2 is 2.00 bits per heavy atom. The summed E-state index contributed by atoms with van der Waals surface area (Å²) in [5, 5.41) is 20.5. The fourth-order valence-corrected chi connectivity index (χ4v) is 3.00. The number of thioether (sulfide) groups is 1. The van der Waals surface area contributed by atoms with Gasteiger partial charge in [-0.2, -0.15) is 5.26 Å². The smallest absolute Gasteiger partial charge is 0.270 e. The average molecular weight is 336 g/mol. The van der Waals surface area contributed by atoms with E-state index in [1.807, 2.05) is 41.0 Å². The highest BCUT2D eigenvalue weighted by Crippen LogP contribution is 2.31. The molecule has 0 aliphatic carbocycles. The van der Waals surface area contributed by atoms with E-state index in [0.717, 1.165) is 11.4 Å². The van der Waals surface area contributed by atoms with E-state index in [4.69, 9.17) is 5.26 Å². The molecule has 0 unspecified atom stereocenters. The predicted molar refractivity (Wildman–Crippen MR) is 92.0 cm³/mol. The van der Waals surface area contributed by atoms with E-state index in [2.05, 4.69) is 11.1 Å². The summed E-state index contributed by atoms with van der Waals surface area (Å²) < 4.78 is 1.90. The van der Waals surface area contributed by atoms with E-state index in [1.165, 1.54) is 23.9 Å². The molecule has 0 aliphatic heterocycles. The van der Waals surface area contributed by atoms with Gasteiger partial charge in [0, 0.05) is 23.4 Å². The standard InChI is InChI=1S/C17H12N4O2S/c18-9-10-24-17-19-12-16(20(17)14-6-2-1-3-7-14)13-5-4-8-15(11-13)21(22)23/h1-8,11-12H,10H2. The summed E-state index contributed by atoms with van der Waals surface area (Å²) in [6, 6.07) is 18.1. The van der Waals surface area contributed by atoms with Gasteiger partial charge in [0.1, 0.15) is 0 Å². The molecule has 0 N–H and O–H groups in total. The fraction of sp³-hybridized carbons (Fsp3) is 0.0588. The third-order valence-corrected chi connectivity index (χ3v) is 4.18. The highest BCUT2D eigenvalue weighted by molar-refractivity contribution is 7.99. The minimum absolute atomic E-state index is 0.0274. The van der Waals surface area contributed by atoms with Crippen molar-refractivity contribution in [3.63, 3.8) is 0 Å². The Bertz CT molecular complexity index is 916. The van der Waals surface area contributed by atoms with E-state index >= 15 is 0 Å². The number of non-ortho nitro benzene ring substituents is 1. The zero-order valence-corrected chi connectivity index (χ0v) is 13.3. The van der Waals surface area contributed by atoms with Crippen molar-refractivity contribution >= 4 is 17.4 Å². The molecule has 0 fully saturated rings. The molecule has 1 aromatic heterocycles. The van der Waals surface area contributed by atoms with Crippen molar-refractivity contribution in [3.05, 3.63) is 70.9 Å². The van der Waals surface area contributed by atoms with Crippen molar-refractivity contribution in [2.24, 2.45) is 0 Å². The Morgan fingerprint density at radius 3 is 2.71 bits per heavy atom. The highest BCUT2D eigenvalue weighted by atomic mass is 32.2. The zero-order valence-electron chi connectivity index (χ0n) is 12.5. The molecule has 0 saturated heterocycles. The van der Waals surface area contributed by atoms with Crippen LogP contribution in [0.1, 0.15) is 0 Å². The molecule has 1 heterocycles. The van der Waals surface area contributed by atoms with Crippen LogP contribution in [0.15, 0.2) is 66.0 Å². The SMILES string of the molecule is N#CCSc1ncc(-c2cccc([N+](=O)[O-])c2)n1-c1ccccc1. The Morgan fingerprint density at radius 1 is 1.21 bits per heavy atom. The Balaban J connectivity index is 2.15. The van der Waals surface area contributed by atoms with Crippen molar-refractivity contribution in [2.75, 3.05) is 5.75 Å². The number of nitrogens with zero attached hydrogens (tertiary/aromatic N) is 4. The van der Waals surface area contributed by atoms with Crippen LogP contribution in [-0.4, -0.2) is 20.2 Å². The highest BCUT2D eigenvalue weighted by Gasteiger charge is 2.16. The topological polar surface area (TPSA) is 84.8 Å². The number of hydrogen-bond donors (Lipinski definition) is 0. The van der Waals surface area contributed by atoms with Crippen LogP contribution in [0, 0.1) is 21.4 Å². The first-order chi connectivity index (χ1) is 11.7. The number of hydrogen-bond acceptors (Lipinski definition) is 5. The molecular weight excluding hydrogens is 324 g/mol. The third kappa shape index (κ3) is 3.14. The van der Waals surface area contributed by atoms with E-state index in [1.54, 1.807) is 12.3 Å². The Kier molecular flexibility index (Phi) is 4.59. The van der Waals surface area contributed by atoms with Gasteiger partial charge in [0.25, 0.3) is 5.69 Å². The summed E-state index contributed by atoms with van der Waals surface area (Å²) in [5.41, 5.74) is 2.35. The van der Waals surface area contributed by atoms with Crippen LogP contribution in [0.25, 0.3) is 16.9 Å². The minimum Gasteiger partial charge on any atom is -0.287 e. The summed E-state index contributed by atoms with van der Waals surface area (Å²) in [4.78, 5) is 15.0. The fourth-order valence-electron chi connectivity index (χ4n) is 2.34. The molecule has 6 nitrogen and oxygen atoms in total. The van der Waals surface area contributed by atoms with Crippen LogP contribution < -0.4 is 0 Å². The van der Waals surface area contributed by atoms with Crippen molar-refractivity contribution in [1.29, 1.82) is 5.26 Å². The lowest BCUT2D eigenvalue weighted by molar-refractivity contribution is -0.384. The van der Waals surface area contributed by atoms with Gasteiger partial charge < -0.3 is 0 Å². The second-order valence-electron chi connectivity index (χ2n) is 4.85. The molecule has 24 heavy (non-hydrogen) atoms. The molecule has 118 valence electrons. The van der Waals surface area contributed by atoms with E-state index in [0.29, 0.717) is 10.7 Å². The molecule has 7 heteroatoms. The number of para-hydroxylation sites is 1. The number of imidazole rings is 1. The van der Waals surface area contributed by atoms with Gasteiger partial charge in [-0.1, -0.05) is 42.1 Å². The number of nitro benzene ring substituents is 1. The molecule has 3 rings (SSSR count). The number of aromatic nitrogens is 2. The number of rotatable bonds is 5. The van der Waals surface area contributed by atoms with E-state index in [9.17, 15) is 10.1 Å². The summed E-state index contributed by atoms with van der Waals surface area (Å²) in [6.07, 6.45) is 1.67. The molecule has 0 aliphatic rings. The first-order valence-corrected chi connectivity index (χ1v) is 8.07. The van der Waals surface area contributed by atoms with Crippen molar-refractivity contribution in [3.8, 4) is 23.0 Å². The Hall–Kier alpha value is -3.11. The van der Waals surface area contributed by atoms with Crippen LogP contribution in [0.4, 0.5) is 5.69 Å². The van der Waals surface area contributed by atoms with Crippen molar-refractivity contribution in [1.82, 2.24) is 9.55 Å². The second kappa shape index (κ2) is 6.98. The summed E-state index contributed by atoms with van der Waals surface area (Å²) in [6.45, 7) is 0.